The van der Waals surface area contributed by atoms with Crippen LogP contribution in [0.25, 0.3) is 11.4 Å². The second-order valence-corrected chi connectivity index (χ2v) is 9.15. The number of aryl methyl sites for hydroxylation is 1. The van der Waals surface area contributed by atoms with E-state index in [1.54, 1.807) is 0 Å². The highest BCUT2D eigenvalue weighted by Crippen LogP contribution is 2.45. The normalized spacial score (nSPS) is 16.6. The van der Waals surface area contributed by atoms with Crippen molar-refractivity contribution in [3.63, 3.8) is 0 Å². The lowest BCUT2D eigenvalue weighted by Gasteiger charge is -2.48. The lowest BCUT2D eigenvalue weighted by Crippen LogP contribution is -2.56. The number of nitrogens with one attached hydrogen (secondary N) is 2. The van der Waals surface area contributed by atoms with Crippen LogP contribution < -0.4 is 5.32 Å². The molecule has 3 aromatic carbocycles. The summed E-state index contributed by atoms with van der Waals surface area (Å²) in [6.07, 6.45) is 2.05. The fourth-order valence-electron chi connectivity index (χ4n) is 5.21. The van der Waals surface area contributed by atoms with Crippen LogP contribution in [0.2, 0.25) is 0 Å². The van der Waals surface area contributed by atoms with Crippen LogP contribution in [0.15, 0.2) is 91.1 Å². The van der Waals surface area contributed by atoms with E-state index in [0.29, 0.717) is 0 Å². The molecule has 0 aliphatic carbocycles. The smallest absolute Gasteiger partial charge is 0.137 e. The summed E-state index contributed by atoms with van der Waals surface area (Å²) in [4.78, 5) is 11.2. The minimum Gasteiger partial charge on any atom is -0.340 e. The third-order valence-corrected chi connectivity index (χ3v) is 7.05. The van der Waals surface area contributed by atoms with Gasteiger partial charge in [-0.3, -0.25) is 4.90 Å². The Bertz CT molecular complexity index is 1120. The maximum Gasteiger partial charge on any atom is 0.137 e. The van der Waals surface area contributed by atoms with Crippen molar-refractivity contribution in [3.8, 4) is 11.4 Å². The molecule has 4 heteroatoms. The molecule has 0 bridgehead atoms. The number of aromatic nitrogens is 2. The molecule has 1 unspecified atom stereocenters. The van der Waals surface area contributed by atoms with Gasteiger partial charge in [0.25, 0.3) is 0 Å². The topological polar surface area (TPSA) is 44.0 Å². The molecule has 1 fully saturated rings. The van der Waals surface area contributed by atoms with Gasteiger partial charge >= 0.3 is 0 Å². The first-order chi connectivity index (χ1) is 16.2. The summed E-state index contributed by atoms with van der Waals surface area (Å²) in [7, 11) is 0. The molecule has 1 aliphatic heterocycles. The Labute approximate surface area is 196 Å². The SMILES string of the molecule is Cc1ccc(-c2ncc(C(C)(C(c3ccccc3)c3ccccc3)N3CCNCC3)[nH]2)cc1. The monoisotopic (exact) mass is 436 g/mol. The molecule has 0 saturated carbocycles. The summed E-state index contributed by atoms with van der Waals surface area (Å²) in [5, 5.41) is 3.53. The lowest BCUT2D eigenvalue weighted by molar-refractivity contribution is 0.0679. The van der Waals surface area contributed by atoms with E-state index in [1.807, 2.05) is 0 Å². The molecule has 1 aliphatic rings. The van der Waals surface area contributed by atoms with E-state index in [-0.39, 0.29) is 11.5 Å². The second-order valence-electron chi connectivity index (χ2n) is 9.15. The Kier molecular flexibility index (Phi) is 6.12. The van der Waals surface area contributed by atoms with Gasteiger partial charge in [-0.1, -0.05) is 90.5 Å². The van der Waals surface area contributed by atoms with Gasteiger partial charge in [0, 0.05) is 37.7 Å². The number of imidazole rings is 1. The molecule has 2 N–H and O–H groups in total. The average Bonchev–Trinajstić information content (AvgIpc) is 3.37. The molecule has 1 aromatic heterocycles. The number of hydrogen-bond donors (Lipinski definition) is 2. The molecule has 4 nitrogen and oxygen atoms in total. The first kappa shape index (κ1) is 21.6. The van der Waals surface area contributed by atoms with E-state index in [1.165, 1.54) is 16.7 Å². The number of piperazine rings is 1. The van der Waals surface area contributed by atoms with Crippen molar-refractivity contribution in [3.05, 3.63) is 114 Å². The molecular weight excluding hydrogens is 404 g/mol. The van der Waals surface area contributed by atoms with Gasteiger partial charge in [0.15, 0.2) is 0 Å². The Morgan fingerprint density at radius 2 is 1.39 bits per heavy atom. The molecule has 1 saturated heterocycles. The molecule has 0 amide bonds. The van der Waals surface area contributed by atoms with Crippen LogP contribution in [-0.4, -0.2) is 41.0 Å². The highest BCUT2D eigenvalue weighted by atomic mass is 15.3. The van der Waals surface area contributed by atoms with E-state index < -0.39 is 0 Å². The minimum atomic E-state index is -0.291. The lowest BCUT2D eigenvalue weighted by atomic mass is 9.73. The Morgan fingerprint density at radius 1 is 0.818 bits per heavy atom. The van der Waals surface area contributed by atoms with Gasteiger partial charge in [-0.15, -0.1) is 0 Å². The van der Waals surface area contributed by atoms with Crippen LogP contribution in [0, 0.1) is 6.92 Å². The van der Waals surface area contributed by atoms with Crippen molar-refractivity contribution in [2.75, 3.05) is 26.2 Å². The fourth-order valence-corrected chi connectivity index (χ4v) is 5.21. The highest BCUT2D eigenvalue weighted by Gasteiger charge is 2.44. The van der Waals surface area contributed by atoms with E-state index in [9.17, 15) is 0 Å². The van der Waals surface area contributed by atoms with Crippen molar-refractivity contribution in [1.82, 2.24) is 20.2 Å². The van der Waals surface area contributed by atoms with Crippen LogP contribution >= 0.6 is 0 Å². The van der Waals surface area contributed by atoms with Crippen molar-refractivity contribution in [2.24, 2.45) is 0 Å². The van der Waals surface area contributed by atoms with Crippen LogP contribution in [0.1, 0.15) is 35.2 Å². The predicted octanol–water partition coefficient (Wildman–Crippen LogP) is 5.34. The number of aromatic amines is 1. The highest BCUT2D eigenvalue weighted by molar-refractivity contribution is 5.56. The zero-order valence-electron chi connectivity index (χ0n) is 19.5. The molecule has 0 radical (unpaired) electrons. The molecular formula is C29H32N4. The Balaban J connectivity index is 1.66. The number of nitrogens with zero attached hydrogens (tertiary/aromatic N) is 2. The molecule has 4 aromatic rings. The maximum absolute atomic E-state index is 4.85. The van der Waals surface area contributed by atoms with Gasteiger partial charge in [0.2, 0.25) is 0 Å². The van der Waals surface area contributed by atoms with Crippen LogP contribution in [-0.2, 0) is 5.54 Å². The molecule has 1 atom stereocenters. The average molecular weight is 437 g/mol. The first-order valence-electron chi connectivity index (χ1n) is 11.8. The van der Waals surface area contributed by atoms with Crippen LogP contribution in [0.3, 0.4) is 0 Å². The van der Waals surface area contributed by atoms with Crippen molar-refractivity contribution >= 4 is 0 Å². The number of hydrogen-bond acceptors (Lipinski definition) is 3. The van der Waals surface area contributed by atoms with Crippen LogP contribution in [0.4, 0.5) is 0 Å². The minimum absolute atomic E-state index is 0.157. The Hall–Kier alpha value is -3.21. The summed E-state index contributed by atoms with van der Waals surface area (Å²) >= 11 is 0. The zero-order chi connectivity index (χ0) is 22.7. The zero-order valence-corrected chi connectivity index (χ0v) is 19.5. The van der Waals surface area contributed by atoms with Gasteiger partial charge in [-0.25, -0.2) is 4.98 Å². The van der Waals surface area contributed by atoms with Gasteiger partial charge in [-0.2, -0.15) is 0 Å². The number of benzene rings is 3. The van der Waals surface area contributed by atoms with Crippen molar-refractivity contribution in [1.29, 1.82) is 0 Å². The second kappa shape index (κ2) is 9.34. The molecule has 5 rings (SSSR count). The van der Waals surface area contributed by atoms with Gasteiger partial charge < -0.3 is 10.3 Å². The first-order valence-corrected chi connectivity index (χ1v) is 11.8. The van der Waals surface area contributed by atoms with Crippen molar-refractivity contribution in [2.45, 2.75) is 25.3 Å². The van der Waals surface area contributed by atoms with E-state index in [2.05, 4.69) is 120 Å². The summed E-state index contributed by atoms with van der Waals surface area (Å²) in [5.41, 5.74) is 5.86. The third kappa shape index (κ3) is 4.24. The summed E-state index contributed by atoms with van der Waals surface area (Å²) in [5.74, 6) is 1.08. The van der Waals surface area contributed by atoms with Crippen LogP contribution in [0.5, 0.6) is 0 Å². The molecule has 2 heterocycles. The largest absolute Gasteiger partial charge is 0.340 e. The van der Waals surface area contributed by atoms with Crippen molar-refractivity contribution < 1.29 is 0 Å². The molecule has 33 heavy (non-hydrogen) atoms. The van der Waals surface area contributed by atoms with Gasteiger partial charge in [-0.05, 0) is 25.0 Å². The van der Waals surface area contributed by atoms with E-state index >= 15 is 0 Å². The molecule has 168 valence electrons. The molecule has 0 spiro atoms. The maximum atomic E-state index is 4.85. The summed E-state index contributed by atoms with van der Waals surface area (Å²) < 4.78 is 0. The Morgan fingerprint density at radius 3 is 1.97 bits per heavy atom. The summed E-state index contributed by atoms with van der Waals surface area (Å²) in [6.45, 7) is 8.46. The quantitative estimate of drug-likeness (QED) is 0.429. The predicted molar refractivity (Wildman–Crippen MR) is 135 cm³/mol. The standard InChI is InChI=1S/C29H32N4/c1-22-13-15-25(16-14-22)28-31-21-26(32-28)29(2,33-19-17-30-18-20-33)27(23-9-5-3-6-10-23)24-11-7-4-8-12-24/h3-16,21,27,30H,17-20H2,1-2H3,(H,31,32). The third-order valence-electron chi connectivity index (χ3n) is 7.05. The fraction of sp³-hybridized carbons (Fsp3) is 0.276. The van der Waals surface area contributed by atoms with Gasteiger partial charge in [0.05, 0.1) is 17.4 Å². The van der Waals surface area contributed by atoms with E-state index in [0.717, 1.165) is 43.3 Å². The van der Waals surface area contributed by atoms with Gasteiger partial charge in [0.1, 0.15) is 5.82 Å². The number of H-pyrrole nitrogens is 1. The number of rotatable bonds is 6. The van der Waals surface area contributed by atoms with E-state index in [4.69, 9.17) is 4.98 Å². The summed E-state index contributed by atoms with van der Waals surface area (Å²) in [6, 6.07) is 30.4.